The number of hydrogen-bond donors (Lipinski definition) is 2. The molecule has 1 saturated heterocycles. The lowest BCUT2D eigenvalue weighted by atomic mass is 9.86. The van der Waals surface area contributed by atoms with Gasteiger partial charge in [0.2, 0.25) is 5.91 Å². The predicted molar refractivity (Wildman–Crippen MR) is 124 cm³/mol. The quantitative estimate of drug-likeness (QED) is 0.666. The van der Waals surface area contributed by atoms with Crippen LogP contribution in [-0.2, 0) is 20.5 Å². The number of aryl methyl sites for hydroxylation is 1. The molecule has 1 aliphatic rings. The summed E-state index contributed by atoms with van der Waals surface area (Å²) < 4.78 is 5.30. The van der Waals surface area contributed by atoms with Gasteiger partial charge in [0.25, 0.3) is 5.91 Å². The van der Waals surface area contributed by atoms with Crippen LogP contribution in [0.3, 0.4) is 0 Å². The number of ether oxygens (including phenoxy) is 1. The summed E-state index contributed by atoms with van der Waals surface area (Å²) in [5.74, 6) is -0.173. The molecule has 1 aliphatic heterocycles. The van der Waals surface area contributed by atoms with Gasteiger partial charge in [-0.05, 0) is 59.7 Å². The molecule has 0 spiro atoms. The molecule has 1 unspecified atom stereocenters. The number of imide groups is 1. The minimum absolute atomic E-state index is 0.00584. The van der Waals surface area contributed by atoms with E-state index in [1.54, 1.807) is 19.2 Å². The number of carbonyl (C=O) groups is 3. The van der Waals surface area contributed by atoms with Gasteiger partial charge in [0.15, 0.2) is 0 Å². The molecule has 4 amide bonds. The van der Waals surface area contributed by atoms with Gasteiger partial charge in [-0.25, -0.2) is 4.79 Å². The highest BCUT2D eigenvalue weighted by Crippen LogP contribution is 2.34. The molecule has 1 atom stereocenters. The fraction of sp³-hybridized carbons (Fsp3) is 0.400. The summed E-state index contributed by atoms with van der Waals surface area (Å²) in [6.07, 6.45) is 0.357. The van der Waals surface area contributed by atoms with Gasteiger partial charge in [-0.15, -0.1) is 0 Å². The Kier molecular flexibility index (Phi) is 6.30. The standard InChI is InChI=1S/C25H31N3O4/c1-7-25(18-10-13-20(32-6)16(2)14-18)22(30)28(23(31)27-25)15-21(29)26-19-11-8-17(9-12-19)24(3,4)5/h8-14H,7,15H2,1-6H3,(H,26,29)(H,27,31). The maximum atomic E-state index is 13.3. The largest absolute Gasteiger partial charge is 0.496 e. The van der Waals surface area contributed by atoms with Crippen molar-refractivity contribution in [3.05, 3.63) is 59.2 Å². The molecule has 170 valence electrons. The molecule has 2 N–H and O–H groups in total. The van der Waals surface area contributed by atoms with Crippen LogP contribution in [0.1, 0.15) is 50.8 Å². The van der Waals surface area contributed by atoms with Crippen molar-refractivity contribution in [3.8, 4) is 5.75 Å². The van der Waals surface area contributed by atoms with E-state index in [0.29, 0.717) is 23.4 Å². The first-order chi connectivity index (χ1) is 15.0. The van der Waals surface area contributed by atoms with Gasteiger partial charge < -0.3 is 15.4 Å². The molecule has 0 bridgehead atoms. The Bertz CT molecular complexity index is 1040. The Labute approximate surface area is 189 Å². The maximum Gasteiger partial charge on any atom is 0.325 e. The second-order valence-corrected chi connectivity index (χ2v) is 9.14. The van der Waals surface area contributed by atoms with E-state index in [4.69, 9.17) is 4.74 Å². The van der Waals surface area contributed by atoms with Crippen LogP contribution in [0, 0.1) is 6.92 Å². The number of urea groups is 1. The molecule has 1 heterocycles. The predicted octanol–water partition coefficient (Wildman–Crippen LogP) is 4.10. The number of methoxy groups -OCH3 is 1. The highest BCUT2D eigenvalue weighted by atomic mass is 16.5. The fourth-order valence-electron chi connectivity index (χ4n) is 3.95. The lowest BCUT2D eigenvalue weighted by Crippen LogP contribution is -2.44. The Morgan fingerprint density at radius 1 is 1.12 bits per heavy atom. The summed E-state index contributed by atoms with van der Waals surface area (Å²) >= 11 is 0. The van der Waals surface area contributed by atoms with Crippen molar-refractivity contribution in [2.24, 2.45) is 0 Å². The van der Waals surface area contributed by atoms with Gasteiger partial charge >= 0.3 is 6.03 Å². The van der Waals surface area contributed by atoms with Crippen molar-refractivity contribution < 1.29 is 19.1 Å². The third kappa shape index (κ3) is 4.33. The van der Waals surface area contributed by atoms with Crippen LogP contribution in [-0.4, -0.2) is 36.4 Å². The maximum absolute atomic E-state index is 13.3. The minimum Gasteiger partial charge on any atom is -0.496 e. The summed E-state index contributed by atoms with van der Waals surface area (Å²) in [5, 5.41) is 5.58. The van der Waals surface area contributed by atoms with Crippen molar-refractivity contribution >= 4 is 23.5 Å². The molecule has 3 rings (SSSR count). The van der Waals surface area contributed by atoms with E-state index in [0.717, 1.165) is 16.0 Å². The van der Waals surface area contributed by atoms with Crippen LogP contribution in [0.25, 0.3) is 0 Å². The summed E-state index contributed by atoms with van der Waals surface area (Å²) in [4.78, 5) is 39.6. The Morgan fingerprint density at radius 2 is 1.78 bits per heavy atom. The highest BCUT2D eigenvalue weighted by molar-refractivity contribution is 6.10. The van der Waals surface area contributed by atoms with Gasteiger partial charge in [-0.2, -0.15) is 0 Å². The zero-order valence-corrected chi connectivity index (χ0v) is 19.5. The fourth-order valence-corrected chi connectivity index (χ4v) is 3.95. The Balaban J connectivity index is 1.76. The van der Waals surface area contributed by atoms with E-state index >= 15 is 0 Å². The molecule has 0 aliphatic carbocycles. The molecule has 1 fully saturated rings. The van der Waals surface area contributed by atoms with E-state index in [1.165, 1.54) is 0 Å². The number of hydrogen-bond acceptors (Lipinski definition) is 4. The zero-order chi connectivity index (χ0) is 23.7. The molecule has 2 aromatic carbocycles. The molecule has 0 radical (unpaired) electrons. The van der Waals surface area contributed by atoms with Crippen molar-refractivity contribution in [2.45, 2.75) is 52.0 Å². The second kappa shape index (κ2) is 8.65. The van der Waals surface area contributed by atoms with E-state index in [-0.39, 0.29) is 12.0 Å². The van der Waals surface area contributed by atoms with Gasteiger partial charge in [-0.3, -0.25) is 14.5 Å². The van der Waals surface area contributed by atoms with Crippen molar-refractivity contribution in [3.63, 3.8) is 0 Å². The van der Waals surface area contributed by atoms with Gasteiger partial charge in [0.05, 0.1) is 7.11 Å². The third-order valence-corrected chi connectivity index (χ3v) is 5.93. The average Bonchev–Trinajstić information content (AvgIpc) is 2.98. The van der Waals surface area contributed by atoms with Crippen LogP contribution in [0.15, 0.2) is 42.5 Å². The van der Waals surface area contributed by atoms with Gasteiger partial charge in [0, 0.05) is 5.69 Å². The summed E-state index contributed by atoms with van der Waals surface area (Å²) in [6, 6.07) is 12.4. The molecule has 7 nitrogen and oxygen atoms in total. The van der Waals surface area contributed by atoms with Crippen LogP contribution < -0.4 is 15.4 Å². The first-order valence-corrected chi connectivity index (χ1v) is 10.7. The molecule has 32 heavy (non-hydrogen) atoms. The van der Waals surface area contributed by atoms with Crippen LogP contribution in [0.5, 0.6) is 5.75 Å². The van der Waals surface area contributed by atoms with Crippen LogP contribution in [0.2, 0.25) is 0 Å². The van der Waals surface area contributed by atoms with Crippen molar-refractivity contribution in [1.29, 1.82) is 0 Å². The molecule has 0 aromatic heterocycles. The van der Waals surface area contributed by atoms with E-state index in [2.05, 4.69) is 31.4 Å². The molecular formula is C25H31N3O4. The van der Waals surface area contributed by atoms with Gasteiger partial charge in [0.1, 0.15) is 17.8 Å². The number of amides is 4. The van der Waals surface area contributed by atoms with Gasteiger partial charge in [-0.1, -0.05) is 45.9 Å². The number of nitrogens with one attached hydrogen (secondary N) is 2. The summed E-state index contributed by atoms with van der Waals surface area (Å²) in [7, 11) is 1.58. The van der Waals surface area contributed by atoms with E-state index < -0.39 is 23.4 Å². The lowest BCUT2D eigenvalue weighted by molar-refractivity contribution is -0.134. The van der Waals surface area contributed by atoms with E-state index in [9.17, 15) is 14.4 Å². The third-order valence-electron chi connectivity index (χ3n) is 5.93. The Morgan fingerprint density at radius 3 is 2.31 bits per heavy atom. The second-order valence-electron chi connectivity index (χ2n) is 9.14. The number of rotatable bonds is 6. The highest BCUT2D eigenvalue weighted by Gasteiger charge is 2.51. The average molecular weight is 438 g/mol. The monoisotopic (exact) mass is 437 g/mol. The van der Waals surface area contributed by atoms with Crippen LogP contribution in [0.4, 0.5) is 10.5 Å². The van der Waals surface area contributed by atoms with Crippen LogP contribution >= 0.6 is 0 Å². The zero-order valence-electron chi connectivity index (χ0n) is 19.5. The van der Waals surface area contributed by atoms with Crippen molar-refractivity contribution in [1.82, 2.24) is 10.2 Å². The first kappa shape index (κ1) is 23.3. The molecule has 7 heteroatoms. The molecular weight excluding hydrogens is 406 g/mol. The van der Waals surface area contributed by atoms with Crippen molar-refractivity contribution in [2.75, 3.05) is 19.0 Å². The molecule has 2 aromatic rings. The summed E-state index contributed by atoms with van der Waals surface area (Å²) in [6.45, 7) is 9.69. The summed E-state index contributed by atoms with van der Waals surface area (Å²) in [5.41, 5.74) is 2.08. The SMILES string of the molecule is CCC1(c2ccc(OC)c(C)c2)NC(=O)N(CC(=O)Nc2ccc(C(C)(C)C)cc2)C1=O. The normalized spacial score (nSPS) is 18.5. The lowest BCUT2D eigenvalue weighted by Gasteiger charge is -2.26. The number of benzene rings is 2. The minimum atomic E-state index is -1.21. The molecule has 0 saturated carbocycles. The number of anilines is 1. The first-order valence-electron chi connectivity index (χ1n) is 10.7. The smallest absolute Gasteiger partial charge is 0.325 e. The number of nitrogens with zero attached hydrogens (tertiary/aromatic N) is 1. The Hall–Kier alpha value is -3.35. The topological polar surface area (TPSA) is 87.7 Å². The number of carbonyl (C=O) groups excluding carboxylic acids is 3. The van der Waals surface area contributed by atoms with E-state index in [1.807, 2.05) is 44.2 Å².